The van der Waals surface area contributed by atoms with Gasteiger partial charge in [-0.15, -0.1) is 0 Å². The van der Waals surface area contributed by atoms with Gasteiger partial charge < -0.3 is 30.2 Å². The Balaban J connectivity index is 0.000000229. The van der Waals surface area contributed by atoms with Crippen molar-refractivity contribution in [1.82, 2.24) is 15.8 Å². The number of halogens is 1. The number of para-hydroxylation sites is 1. The van der Waals surface area contributed by atoms with Crippen LogP contribution in [0.2, 0.25) is 5.02 Å². The van der Waals surface area contributed by atoms with E-state index in [2.05, 4.69) is 41.5 Å². The summed E-state index contributed by atoms with van der Waals surface area (Å²) in [5, 5.41) is 23.1. The average molecular weight is 714 g/mol. The number of carbonyl (C=O) groups is 3. The minimum atomic E-state index is -1.31. The second-order valence-corrected chi connectivity index (χ2v) is 11.8. The second-order valence-electron chi connectivity index (χ2n) is 11.4. The van der Waals surface area contributed by atoms with Gasteiger partial charge in [0.15, 0.2) is 5.92 Å². The van der Waals surface area contributed by atoms with Crippen LogP contribution < -0.4 is 21.3 Å². The fourth-order valence-corrected chi connectivity index (χ4v) is 5.85. The summed E-state index contributed by atoms with van der Waals surface area (Å²) in [5.41, 5.74) is 13.6. The number of aromatic amines is 1. The van der Waals surface area contributed by atoms with Crippen molar-refractivity contribution in [2.24, 2.45) is 11.7 Å². The van der Waals surface area contributed by atoms with Crippen LogP contribution in [0.3, 0.4) is 0 Å². The number of ether oxygens (including phenoxy) is 3. The first-order valence-electron chi connectivity index (χ1n) is 16.3. The van der Waals surface area contributed by atoms with Crippen molar-refractivity contribution >= 4 is 46.4 Å². The van der Waals surface area contributed by atoms with Crippen LogP contribution in [0.5, 0.6) is 5.75 Å². The maximum atomic E-state index is 12.4. The van der Waals surface area contributed by atoms with Crippen molar-refractivity contribution in [2.75, 3.05) is 19.8 Å². The number of esters is 2. The number of aromatic nitrogens is 1. The summed E-state index contributed by atoms with van der Waals surface area (Å²) in [5.74, 6) is -4.29. The molecule has 0 spiro atoms. The highest BCUT2D eigenvalue weighted by atomic mass is 35.5. The lowest BCUT2D eigenvalue weighted by Crippen LogP contribution is -2.33. The lowest BCUT2D eigenvalue weighted by molar-refractivity contribution is -0.146. The second kappa shape index (κ2) is 18.4. The standard InChI is InChI=1S/C21H23N3O2.C17H17ClN2O5/c1-15-18(19-4-2-3-5-20(19)23-15)12-13-22-14-17-8-6-16(7-9-17)10-11-21(25)24-26;1-3-23-16(21)11(8-19)13-10-7-9(18)5-6-12(10)25-15(20)14(13)17(22)24-4-2/h2-11,22-23,26H,12-14H2,1H3,(H,24,25);5-7,11,13H,3-4,20H2,1-2H3/b11-10+;. The summed E-state index contributed by atoms with van der Waals surface area (Å²) in [4.78, 5) is 39.1. The number of benzene rings is 3. The molecule has 0 fully saturated rings. The summed E-state index contributed by atoms with van der Waals surface area (Å²) < 4.78 is 15.4. The number of carbonyl (C=O) groups excluding carboxylic acids is 3. The monoisotopic (exact) mass is 713 g/mol. The van der Waals surface area contributed by atoms with Crippen LogP contribution in [0.15, 0.2) is 84.3 Å². The Bertz CT molecular complexity index is 1960. The van der Waals surface area contributed by atoms with Gasteiger partial charge in [-0.3, -0.25) is 14.8 Å². The Hall–Kier alpha value is -5.61. The number of hydrogen-bond acceptors (Lipinski definition) is 10. The molecule has 2 heterocycles. The Kier molecular flexibility index (Phi) is 13.8. The van der Waals surface area contributed by atoms with Crippen LogP contribution in [-0.4, -0.2) is 47.8 Å². The lowest BCUT2D eigenvalue weighted by atomic mass is 9.79. The van der Waals surface area contributed by atoms with Gasteiger partial charge in [0, 0.05) is 39.8 Å². The molecule has 1 aliphatic rings. The predicted molar refractivity (Wildman–Crippen MR) is 192 cm³/mol. The summed E-state index contributed by atoms with van der Waals surface area (Å²) in [7, 11) is 0. The van der Waals surface area contributed by atoms with Crippen molar-refractivity contribution in [3.05, 3.63) is 117 Å². The van der Waals surface area contributed by atoms with Gasteiger partial charge >= 0.3 is 11.9 Å². The molecule has 266 valence electrons. The first-order valence-corrected chi connectivity index (χ1v) is 16.7. The van der Waals surface area contributed by atoms with Crippen LogP contribution in [0.4, 0.5) is 0 Å². The largest absolute Gasteiger partial charge is 0.465 e. The minimum Gasteiger partial charge on any atom is -0.465 e. The van der Waals surface area contributed by atoms with Crippen molar-refractivity contribution < 1.29 is 33.8 Å². The molecular weight excluding hydrogens is 674 g/mol. The van der Waals surface area contributed by atoms with Gasteiger partial charge in [0.25, 0.3) is 5.91 Å². The first-order chi connectivity index (χ1) is 24.6. The molecule has 1 aliphatic heterocycles. The normalized spacial score (nSPS) is 14.1. The number of hydrogen-bond donors (Lipinski definition) is 5. The van der Waals surface area contributed by atoms with Crippen molar-refractivity contribution in [2.45, 2.75) is 39.7 Å². The van der Waals surface area contributed by atoms with E-state index >= 15 is 0 Å². The highest BCUT2D eigenvalue weighted by Crippen LogP contribution is 2.44. The molecule has 13 heteroatoms. The molecular formula is C38H40ClN5O7. The zero-order valence-electron chi connectivity index (χ0n) is 28.5. The van der Waals surface area contributed by atoms with Crippen molar-refractivity contribution in [3.8, 4) is 11.8 Å². The molecule has 0 saturated carbocycles. The van der Waals surface area contributed by atoms with E-state index in [1.807, 2.05) is 30.3 Å². The van der Waals surface area contributed by atoms with E-state index in [0.29, 0.717) is 16.3 Å². The summed E-state index contributed by atoms with van der Waals surface area (Å²) >= 11 is 6.04. The number of aryl methyl sites for hydroxylation is 1. The van der Waals surface area contributed by atoms with Gasteiger partial charge in [-0.05, 0) is 80.8 Å². The highest BCUT2D eigenvalue weighted by Gasteiger charge is 2.43. The van der Waals surface area contributed by atoms with Crippen molar-refractivity contribution in [3.63, 3.8) is 0 Å². The number of nitrogens with two attached hydrogens (primary N) is 1. The molecule has 3 aromatic carbocycles. The molecule has 6 N–H and O–H groups in total. The van der Waals surface area contributed by atoms with E-state index in [9.17, 15) is 19.6 Å². The number of nitrogens with one attached hydrogen (secondary N) is 3. The average Bonchev–Trinajstić information content (AvgIpc) is 3.44. The van der Waals surface area contributed by atoms with E-state index in [1.165, 1.54) is 39.9 Å². The van der Waals surface area contributed by atoms with Gasteiger partial charge in [-0.25, -0.2) is 10.3 Å². The molecule has 0 saturated heterocycles. The van der Waals surface area contributed by atoms with E-state index < -0.39 is 29.7 Å². The summed E-state index contributed by atoms with van der Waals surface area (Å²) in [6.07, 6.45) is 3.92. The molecule has 0 bridgehead atoms. The Labute approximate surface area is 300 Å². The van der Waals surface area contributed by atoms with E-state index in [0.717, 1.165) is 25.1 Å². The number of hydroxylamine groups is 1. The number of fused-ring (bicyclic) bond motifs is 2. The number of H-pyrrole nitrogens is 1. The maximum absolute atomic E-state index is 12.4. The Morgan fingerprint density at radius 3 is 2.51 bits per heavy atom. The van der Waals surface area contributed by atoms with Gasteiger partial charge in [0.1, 0.15) is 11.3 Å². The van der Waals surface area contributed by atoms with E-state index in [1.54, 1.807) is 37.5 Å². The zero-order chi connectivity index (χ0) is 36.9. The van der Waals surface area contributed by atoms with Gasteiger partial charge in [-0.2, -0.15) is 5.26 Å². The molecule has 4 aromatic rings. The number of amides is 1. The third-order valence-electron chi connectivity index (χ3n) is 8.04. The molecule has 2 unspecified atom stereocenters. The summed E-state index contributed by atoms with van der Waals surface area (Å²) in [6, 6.07) is 22.9. The molecule has 5 rings (SSSR count). The van der Waals surface area contributed by atoms with Gasteiger partial charge in [0.05, 0.1) is 25.2 Å². The fourth-order valence-electron chi connectivity index (χ4n) is 5.67. The van der Waals surface area contributed by atoms with Crippen LogP contribution >= 0.6 is 11.6 Å². The molecule has 51 heavy (non-hydrogen) atoms. The van der Waals surface area contributed by atoms with Crippen molar-refractivity contribution in [1.29, 1.82) is 5.26 Å². The quantitative estimate of drug-likeness (QED) is 0.0408. The van der Waals surface area contributed by atoms with Crippen LogP contribution in [-0.2, 0) is 36.8 Å². The highest BCUT2D eigenvalue weighted by molar-refractivity contribution is 6.30. The molecule has 0 aliphatic carbocycles. The Morgan fingerprint density at radius 1 is 1.10 bits per heavy atom. The van der Waals surface area contributed by atoms with Gasteiger partial charge in [0.2, 0.25) is 5.88 Å². The third-order valence-corrected chi connectivity index (χ3v) is 8.27. The number of rotatable bonds is 12. The van der Waals surface area contributed by atoms with E-state index in [-0.39, 0.29) is 24.7 Å². The first kappa shape index (κ1) is 38.2. The SMILES string of the molecule is CCOC(=O)C1=C(N)Oc2ccc(Cl)cc2C1C(C#N)C(=O)OCC.Cc1[nH]c2ccccc2c1CCNCc1ccc(/C=C/C(=O)NO)cc1. The molecule has 0 radical (unpaired) electrons. The Morgan fingerprint density at radius 2 is 1.82 bits per heavy atom. The number of nitriles is 1. The van der Waals surface area contributed by atoms with E-state index in [4.69, 9.17) is 36.8 Å². The van der Waals surface area contributed by atoms with Crippen LogP contribution in [0.25, 0.3) is 17.0 Å². The topological polar surface area (TPSA) is 189 Å². The molecule has 1 aromatic heterocycles. The maximum Gasteiger partial charge on any atom is 0.340 e. The third kappa shape index (κ3) is 9.76. The zero-order valence-corrected chi connectivity index (χ0v) is 29.3. The molecule has 12 nitrogen and oxygen atoms in total. The minimum absolute atomic E-state index is 0.0938. The lowest BCUT2D eigenvalue weighted by Gasteiger charge is -2.29. The van der Waals surface area contributed by atoms with Crippen LogP contribution in [0, 0.1) is 24.2 Å². The fraction of sp³-hybridized carbons (Fsp3) is 0.263. The summed E-state index contributed by atoms with van der Waals surface area (Å²) in [6.45, 7) is 7.27. The molecule has 2 atom stereocenters. The molecule has 1 amide bonds. The smallest absolute Gasteiger partial charge is 0.340 e. The number of nitrogens with zero attached hydrogens (tertiary/aromatic N) is 1. The van der Waals surface area contributed by atoms with Gasteiger partial charge in [-0.1, -0.05) is 54.1 Å². The predicted octanol–water partition coefficient (Wildman–Crippen LogP) is 5.58. The van der Waals surface area contributed by atoms with Crippen LogP contribution in [0.1, 0.15) is 47.7 Å².